The van der Waals surface area contributed by atoms with Crippen LogP contribution >= 0.6 is 11.3 Å². The first-order valence-electron chi connectivity index (χ1n) is 12.5. The molecule has 1 saturated carbocycles. The second-order valence-electron chi connectivity index (χ2n) is 9.00. The summed E-state index contributed by atoms with van der Waals surface area (Å²) < 4.78 is 0. The van der Waals surface area contributed by atoms with Gasteiger partial charge in [0.05, 0.1) is 0 Å². The van der Waals surface area contributed by atoms with Crippen molar-refractivity contribution in [1.29, 1.82) is 0 Å². The number of aliphatic imine (C=N–C) groups is 1. The molecule has 1 heterocycles. The van der Waals surface area contributed by atoms with Gasteiger partial charge in [0.25, 0.3) is 0 Å². The van der Waals surface area contributed by atoms with Crippen LogP contribution in [-0.4, -0.2) is 17.9 Å². The molecule has 1 atom stereocenters. The topological polar surface area (TPSA) is 49.7 Å². The van der Waals surface area contributed by atoms with Crippen molar-refractivity contribution in [3.63, 3.8) is 0 Å². The Morgan fingerprint density at radius 1 is 1.25 bits per heavy atom. The Morgan fingerprint density at radius 2 is 2.03 bits per heavy atom. The summed E-state index contributed by atoms with van der Waals surface area (Å²) in [4.78, 5) is 33.3. The summed E-state index contributed by atoms with van der Waals surface area (Å²) in [6, 6.07) is 10.3. The zero-order chi connectivity index (χ0) is 25.9. The van der Waals surface area contributed by atoms with Gasteiger partial charge < -0.3 is 0 Å². The van der Waals surface area contributed by atoms with Gasteiger partial charge in [-0.2, -0.15) is 0 Å². The second-order valence-corrected chi connectivity index (χ2v) is 9.98. The summed E-state index contributed by atoms with van der Waals surface area (Å²) in [5.74, 6) is 2.14. The van der Waals surface area contributed by atoms with Gasteiger partial charge in [-0.25, -0.2) is 0 Å². The molecular formula is C31H34N2O2S. The van der Waals surface area contributed by atoms with Crippen LogP contribution in [-0.2, 0) is 9.59 Å². The van der Waals surface area contributed by atoms with E-state index in [4.69, 9.17) is 6.42 Å². The van der Waals surface area contributed by atoms with E-state index in [2.05, 4.69) is 24.1 Å². The highest BCUT2D eigenvalue weighted by molar-refractivity contribution is 7.10. The third kappa shape index (κ3) is 6.80. The van der Waals surface area contributed by atoms with Gasteiger partial charge in [-0.15, -0.1) is 17.8 Å². The van der Waals surface area contributed by atoms with E-state index in [0.717, 1.165) is 22.4 Å². The van der Waals surface area contributed by atoms with Crippen molar-refractivity contribution in [1.82, 2.24) is 0 Å². The van der Waals surface area contributed by atoms with Gasteiger partial charge >= 0.3 is 5.91 Å². The maximum Gasteiger partial charge on any atom is 0.303 e. The minimum absolute atomic E-state index is 0.165. The molecule has 0 N–H and O–H groups in total. The maximum atomic E-state index is 13.9. The molecule has 1 unspecified atom stereocenters. The quantitative estimate of drug-likeness (QED) is 0.182. The fourth-order valence-corrected chi connectivity index (χ4v) is 5.54. The monoisotopic (exact) mass is 498 g/mol. The van der Waals surface area contributed by atoms with Gasteiger partial charge in [-0.3, -0.25) is 19.5 Å². The number of anilines is 1. The van der Waals surface area contributed by atoms with E-state index >= 15 is 0 Å². The summed E-state index contributed by atoms with van der Waals surface area (Å²) in [5, 5.41) is 1.90. The van der Waals surface area contributed by atoms with Crippen molar-refractivity contribution in [2.45, 2.75) is 57.9 Å². The van der Waals surface area contributed by atoms with Crippen LogP contribution in [0.5, 0.6) is 0 Å². The van der Waals surface area contributed by atoms with Crippen LogP contribution in [0.1, 0.15) is 68.4 Å². The van der Waals surface area contributed by atoms with Crippen LogP contribution in [0.25, 0.3) is 5.57 Å². The van der Waals surface area contributed by atoms with Crippen LogP contribution < -0.4 is 4.90 Å². The second kappa shape index (κ2) is 13.6. The highest BCUT2D eigenvalue weighted by Gasteiger charge is 2.34. The molecule has 1 aromatic heterocycles. The number of carbonyl (C=O) groups is 2. The van der Waals surface area contributed by atoms with E-state index in [1.165, 1.54) is 54.5 Å². The maximum absolute atomic E-state index is 13.9. The van der Waals surface area contributed by atoms with Gasteiger partial charge in [0, 0.05) is 23.0 Å². The molecule has 0 bridgehead atoms. The first-order chi connectivity index (χ1) is 17.5. The lowest BCUT2D eigenvalue weighted by atomic mass is 9.84. The van der Waals surface area contributed by atoms with Crippen molar-refractivity contribution in [2.75, 3.05) is 4.90 Å². The number of hydrogen-bond acceptors (Lipinski definition) is 4. The molecule has 1 fully saturated rings. The summed E-state index contributed by atoms with van der Waals surface area (Å²) in [7, 11) is 0. The van der Waals surface area contributed by atoms with E-state index in [1.54, 1.807) is 12.3 Å². The number of ketones is 1. The Morgan fingerprint density at radius 3 is 2.67 bits per heavy atom. The van der Waals surface area contributed by atoms with Crippen molar-refractivity contribution in [3.8, 4) is 12.3 Å². The largest absolute Gasteiger partial charge is 0.303 e. The molecule has 3 rings (SSSR count). The van der Waals surface area contributed by atoms with E-state index in [9.17, 15) is 9.59 Å². The Kier molecular flexibility index (Phi) is 10.2. The zero-order valence-electron chi connectivity index (χ0n) is 21.0. The SMILES string of the molecule is C#CC(=O)N(c1cccc(/C(C=NC=C)=C/C)c1)C(C(=O)C(=C)CCC1CCCCC1)c1cccs1. The zero-order valence-corrected chi connectivity index (χ0v) is 21.8. The summed E-state index contributed by atoms with van der Waals surface area (Å²) in [6.07, 6.45) is 18.5. The van der Waals surface area contributed by atoms with Crippen molar-refractivity contribution in [3.05, 3.63) is 83.2 Å². The molecule has 0 spiro atoms. The minimum atomic E-state index is -0.862. The molecular weight excluding hydrogens is 464 g/mol. The highest BCUT2D eigenvalue weighted by Crippen LogP contribution is 2.35. The summed E-state index contributed by atoms with van der Waals surface area (Å²) >= 11 is 1.43. The lowest BCUT2D eigenvalue weighted by molar-refractivity contribution is -0.120. The standard InChI is InChI=1S/C31H34N2O2S/c1-5-25(22-32-7-3)26-15-11-16-27(21-26)33(29(34)6-2)30(28-17-12-20-36-28)31(35)23(4)18-19-24-13-9-8-10-14-24/h2,5,7,11-12,15-17,20-22,24,30H,3-4,8-10,13-14,18-19H2,1H3/b25-5+,32-22?. The molecule has 0 radical (unpaired) electrons. The number of thiophene rings is 1. The fraction of sp³-hybridized carbons (Fsp3) is 0.323. The van der Waals surface area contributed by atoms with E-state index in [-0.39, 0.29) is 5.78 Å². The van der Waals surface area contributed by atoms with E-state index in [0.29, 0.717) is 23.6 Å². The van der Waals surface area contributed by atoms with Crippen molar-refractivity contribution in [2.24, 2.45) is 10.9 Å². The molecule has 1 aromatic carbocycles. The average molecular weight is 499 g/mol. The van der Waals surface area contributed by atoms with Gasteiger partial charge in [-0.05, 0) is 71.9 Å². The van der Waals surface area contributed by atoms with Crippen LogP contribution in [0.3, 0.4) is 0 Å². The van der Waals surface area contributed by atoms with Crippen LogP contribution in [0.4, 0.5) is 5.69 Å². The van der Waals surface area contributed by atoms with Crippen LogP contribution in [0.15, 0.2) is 77.8 Å². The predicted octanol–water partition coefficient (Wildman–Crippen LogP) is 7.56. The Labute approximate surface area is 219 Å². The molecule has 0 aliphatic heterocycles. The van der Waals surface area contributed by atoms with Gasteiger partial charge in [0.2, 0.25) is 0 Å². The van der Waals surface area contributed by atoms with Gasteiger partial charge in [0.15, 0.2) is 5.78 Å². The van der Waals surface area contributed by atoms with E-state index in [1.807, 2.05) is 48.7 Å². The number of Topliss-reactive ketones (excluding diaryl/α,β-unsaturated/α-hetero) is 1. The molecule has 5 heteroatoms. The highest BCUT2D eigenvalue weighted by atomic mass is 32.1. The lowest BCUT2D eigenvalue weighted by Crippen LogP contribution is -2.38. The normalized spacial score (nSPS) is 15.3. The molecule has 1 aliphatic rings. The summed E-state index contributed by atoms with van der Waals surface area (Å²) in [5.41, 5.74) is 2.80. The van der Waals surface area contributed by atoms with Gasteiger partial charge in [0.1, 0.15) is 6.04 Å². The Hall–Kier alpha value is -3.49. The lowest BCUT2D eigenvalue weighted by Gasteiger charge is -2.30. The number of rotatable bonds is 11. The number of terminal acetylenes is 1. The number of allylic oxidation sites excluding steroid dienone is 2. The van der Waals surface area contributed by atoms with Gasteiger partial charge in [-0.1, -0.05) is 69.5 Å². The van der Waals surface area contributed by atoms with Crippen molar-refractivity contribution < 1.29 is 9.59 Å². The number of hydrogen-bond donors (Lipinski definition) is 0. The minimum Gasteiger partial charge on any atom is -0.292 e. The molecule has 0 saturated heterocycles. The predicted molar refractivity (Wildman–Crippen MR) is 152 cm³/mol. The molecule has 1 amide bonds. The van der Waals surface area contributed by atoms with Crippen molar-refractivity contribution >= 4 is 40.5 Å². The fourth-order valence-electron chi connectivity index (χ4n) is 4.73. The summed E-state index contributed by atoms with van der Waals surface area (Å²) in [6.45, 7) is 9.69. The Bertz CT molecular complexity index is 1180. The number of nitrogens with zero attached hydrogens (tertiary/aromatic N) is 2. The molecule has 186 valence electrons. The molecule has 36 heavy (non-hydrogen) atoms. The number of amides is 1. The molecule has 2 aromatic rings. The third-order valence-corrected chi connectivity index (χ3v) is 7.60. The number of benzene rings is 1. The first-order valence-corrected chi connectivity index (χ1v) is 13.3. The smallest absolute Gasteiger partial charge is 0.292 e. The molecule has 1 aliphatic carbocycles. The first kappa shape index (κ1) is 27.1. The van der Waals surface area contributed by atoms with E-state index < -0.39 is 11.9 Å². The van der Waals surface area contributed by atoms with Crippen LogP contribution in [0, 0.1) is 18.3 Å². The number of carbonyl (C=O) groups excluding carboxylic acids is 2. The molecule has 4 nitrogen and oxygen atoms in total. The average Bonchev–Trinajstić information content (AvgIpc) is 3.45. The van der Waals surface area contributed by atoms with Crippen LogP contribution in [0.2, 0.25) is 0 Å². The third-order valence-electron chi connectivity index (χ3n) is 6.68. The Balaban J connectivity index is 1.97.